The van der Waals surface area contributed by atoms with E-state index >= 15 is 0 Å². The molecule has 9 heteroatoms. The predicted octanol–water partition coefficient (Wildman–Crippen LogP) is 2.91. The number of rotatable bonds is 5. The van der Waals surface area contributed by atoms with Gasteiger partial charge in [0.25, 0.3) is 5.56 Å². The summed E-state index contributed by atoms with van der Waals surface area (Å²) in [5, 5.41) is 2.80. The van der Waals surface area contributed by atoms with Crippen LogP contribution in [-0.2, 0) is 16.1 Å². The van der Waals surface area contributed by atoms with Crippen LogP contribution in [0.5, 0.6) is 11.5 Å². The number of thiazole rings is 1. The monoisotopic (exact) mass is 498 g/mol. The van der Waals surface area contributed by atoms with E-state index in [2.05, 4.69) is 5.32 Å². The number of ether oxygens (including phenoxy) is 2. The highest BCUT2D eigenvalue weighted by molar-refractivity contribution is 7.13. The van der Waals surface area contributed by atoms with Gasteiger partial charge in [0.05, 0.1) is 4.53 Å². The molecule has 0 atom stereocenters. The second kappa shape index (κ2) is 9.60. The lowest BCUT2D eigenvalue weighted by Gasteiger charge is -2.19. The number of anilines is 1. The maximum atomic E-state index is 13.2. The lowest BCUT2D eigenvalue weighted by molar-refractivity contribution is -0.120. The summed E-state index contributed by atoms with van der Waals surface area (Å²) in [6, 6.07) is 9.08. The van der Waals surface area contributed by atoms with Gasteiger partial charge in [0.1, 0.15) is 24.4 Å². The summed E-state index contributed by atoms with van der Waals surface area (Å²) in [6.07, 6.45) is 3.26. The number of carbonyl (C=O) groups excluding carboxylic acids is 2. The van der Waals surface area contributed by atoms with E-state index in [1.807, 2.05) is 39.8 Å². The van der Waals surface area contributed by atoms with Crippen LogP contribution in [0.15, 0.2) is 35.1 Å². The van der Waals surface area contributed by atoms with E-state index in [1.54, 1.807) is 35.6 Å². The van der Waals surface area contributed by atoms with Gasteiger partial charge in [-0.25, -0.2) is 0 Å². The Balaban J connectivity index is 1.67. The van der Waals surface area contributed by atoms with Gasteiger partial charge in [-0.3, -0.25) is 19.0 Å². The highest BCUT2D eigenvalue weighted by Crippen LogP contribution is 2.32. The van der Waals surface area contributed by atoms with Crippen molar-refractivity contribution in [3.63, 3.8) is 0 Å². The molecular weight excluding hydrogens is 472 g/mol. The topological polar surface area (TPSA) is 86.6 Å². The average Bonchev–Trinajstić information content (AvgIpc) is 3.31. The second-order valence-electron chi connectivity index (χ2n) is 8.95. The van der Waals surface area contributed by atoms with E-state index in [4.69, 9.17) is 9.47 Å². The Morgan fingerprint density at radius 1 is 1.09 bits per heavy atom. The summed E-state index contributed by atoms with van der Waals surface area (Å²) in [7, 11) is 0. The zero-order valence-electron chi connectivity index (χ0n) is 19.5. The molecule has 3 heterocycles. The van der Waals surface area contributed by atoms with Crippen molar-refractivity contribution in [1.29, 1.82) is 0 Å². The second-order valence-corrected chi connectivity index (χ2v) is 11.3. The molecule has 1 aromatic carbocycles. The number of hydrogen-bond donors (Lipinski definition) is 1. The van der Waals surface area contributed by atoms with Crippen LogP contribution in [0.4, 0.5) is 5.69 Å². The number of nitrogens with zero attached hydrogens (tertiary/aromatic N) is 1. The molecule has 178 valence electrons. The normalized spacial score (nSPS) is 14.4. The van der Waals surface area contributed by atoms with Crippen LogP contribution < -0.4 is 29.5 Å². The first kappa shape index (κ1) is 24.0. The summed E-state index contributed by atoms with van der Waals surface area (Å²) in [5.41, 5.74) is -0.372. The number of amides is 1. The molecule has 0 spiro atoms. The fourth-order valence-electron chi connectivity index (χ4n) is 3.25. The third-order valence-electron chi connectivity index (χ3n) is 5.09. The Labute approximate surface area is 205 Å². The Bertz CT molecular complexity index is 1420. The Morgan fingerprint density at radius 3 is 2.50 bits per heavy atom. The molecule has 34 heavy (non-hydrogen) atoms. The van der Waals surface area contributed by atoms with Gasteiger partial charge in [0, 0.05) is 33.0 Å². The molecule has 1 aliphatic rings. The van der Waals surface area contributed by atoms with Crippen molar-refractivity contribution in [3.05, 3.63) is 59.6 Å². The molecule has 3 aromatic rings. The number of ketones is 1. The minimum atomic E-state index is -0.604. The predicted molar refractivity (Wildman–Crippen MR) is 135 cm³/mol. The van der Waals surface area contributed by atoms with Crippen molar-refractivity contribution in [1.82, 2.24) is 4.57 Å². The van der Waals surface area contributed by atoms with Gasteiger partial charge in [0.15, 0.2) is 17.3 Å². The third kappa shape index (κ3) is 5.48. The minimum Gasteiger partial charge on any atom is -0.486 e. The molecule has 4 rings (SSSR count). The van der Waals surface area contributed by atoms with E-state index in [-0.39, 0.29) is 23.8 Å². The molecule has 0 aliphatic carbocycles. The third-order valence-corrected chi connectivity index (χ3v) is 7.10. The first-order valence-electron chi connectivity index (χ1n) is 10.8. The van der Waals surface area contributed by atoms with Crippen LogP contribution in [0.2, 0.25) is 0 Å². The van der Waals surface area contributed by atoms with Crippen molar-refractivity contribution in [2.75, 3.05) is 18.5 Å². The first-order valence-corrected chi connectivity index (χ1v) is 12.5. The van der Waals surface area contributed by atoms with Gasteiger partial charge >= 0.3 is 0 Å². The number of thiophene rings is 1. The molecule has 1 aliphatic heterocycles. The Hall–Kier alpha value is -3.17. The van der Waals surface area contributed by atoms with Crippen LogP contribution in [0.3, 0.4) is 0 Å². The van der Waals surface area contributed by atoms with Crippen molar-refractivity contribution in [2.45, 2.75) is 34.2 Å². The van der Waals surface area contributed by atoms with Crippen LogP contribution >= 0.6 is 22.7 Å². The highest BCUT2D eigenvalue weighted by Gasteiger charge is 2.20. The quantitative estimate of drug-likeness (QED) is 0.585. The number of nitrogens with one attached hydrogen (secondary N) is 1. The lowest BCUT2D eigenvalue weighted by atomic mass is 9.91. The average molecular weight is 499 g/mol. The molecule has 0 radical (unpaired) electrons. The lowest BCUT2D eigenvalue weighted by Crippen LogP contribution is -2.36. The number of Topliss-reactive ketones (excluding diaryl/α,β-unsaturated/α-hetero) is 1. The van der Waals surface area contributed by atoms with Gasteiger partial charge < -0.3 is 14.8 Å². The molecule has 0 unspecified atom stereocenters. The van der Waals surface area contributed by atoms with Gasteiger partial charge in [0.2, 0.25) is 5.91 Å². The minimum absolute atomic E-state index is 0.117. The maximum Gasteiger partial charge on any atom is 0.269 e. The van der Waals surface area contributed by atoms with Crippen molar-refractivity contribution >= 4 is 52.2 Å². The summed E-state index contributed by atoms with van der Waals surface area (Å²) in [6.45, 7) is 8.16. The molecule has 0 fully saturated rings. The molecule has 7 nitrogen and oxygen atoms in total. The molecule has 2 aromatic heterocycles. The van der Waals surface area contributed by atoms with E-state index in [0.29, 0.717) is 39.6 Å². The van der Waals surface area contributed by atoms with Crippen molar-refractivity contribution in [2.24, 2.45) is 5.41 Å². The number of hydrogen-bond acceptors (Lipinski definition) is 7. The van der Waals surface area contributed by atoms with Crippen molar-refractivity contribution in [3.8, 4) is 11.5 Å². The van der Waals surface area contributed by atoms with Gasteiger partial charge in [-0.15, -0.1) is 22.7 Å². The first-order chi connectivity index (χ1) is 16.1. The zero-order chi connectivity index (χ0) is 24.5. The van der Waals surface area contributed by atoms with E-state index in [1.165, 1.54) is 22.0 Å². The number of aromatic nitrogens is 1. The maximum absolute atomic E-state index is 13.2. The molecule has 1 amide bonds. The van der Waals surface area contributed by atoms with Crippen LogP contribution in [0.25, 0.3) is 12.2 Å². The largest absolute Gasteiger partial charge is 0.486 e. The molecule has 1 N–H and O–H groups in total. The van der Waals surface area contributed by atoms with E-state index in [9.17, 15) is 14.4 Å². The number of aryl methyl sites for hydroxylation is 1. The molecule has 0 saturated carbocycles. The molecule has 0 saturated heterocycles. The van der Waals surface area contributed by atoms with E-state index in [0.717, 1.165) is 9.75 Å². The smallest absolute Gasteiger partial charge is 0.269 e. The summed E-state index contributed by atoms with van der Waals surface area (Å²) >= 11 is 2.79. The summed E-state index contributed by atoms with van der Waals surface area (Å²) in [4.78, 5) is 40.8. The van der Waals surface area contributed by atoms with Crippen molar-refractivity contribution < 1.29 is 19.1 Å². The molecular formula is C25H26N2O5S2. The highest BCUT2D eigenvalue weighted by atomic mass is 32.1. The fraction of sp³-hybridized carbons (Fsp3) is 0.320. The summed E-state index contributed by atoms with van der Waals surface area (Å²) < 4.78 is 13.3. The summed E-state index contributed by atoms with van der Waals surface area (Å²) in [5.74, 6) is 0.686. The molecule has 0 bridgehead atoms. The van der Waals surface area contributed by atoms with Gasteiger partial charge in [-0.05, 0) is 37.3 Å². The Morgan fingerprint density at radius 2 is 1.82 bits per heavy atom. The Kier molecular flexibility index (Phi) is 6.77. The standard InChI is InChI=1S/C25H26N2O5S2/c1-15-5-7-17(33-15)12-20-24(30)27(23(34-20)13-21(28)25(2,3)4)14-22(29)26-16-6-8-18-19(11-16)32-10-9-31-18/h5-8,11-13H,9-10,14H2,1-4H3,(H,26,29)/b20-12+,23-13-. The van der Waals surface area contributed by atoms with Crippen LogP contribution in [0.1, 0.15) is 30.5 Å². The van der Waals surface area contributed by atoms with Gasteiger partial charge in [-0.1, -0.05) is 20.8 Å². The fourth-order valence-corrected chi connectivity index (χ4v) is 5.17. The number of fused-ring (bicyclic) bond motifs is 1. The van der Waals surface area contributed by atoms with Gasteiger partial charge in [-0.2, -0.15) is 0 Å². The number of carbonyl (C=O) groups is 2. The number of benzene rings is 1. The van der Waals surface area contributed by atoms with Crippen LogP contribution in [-0.4, -0.2) is 29.5 Å². The van der Waals surface area contributed by atoms with E-state index < -0.39 is 5.41 Å². The SMILES string of the molecule is Cc1ccc(/C=c2/s/c(=C\C(=O)C(C)(C)C)n(CC(=O)Nc3ccc4c(c3)OCCO4)c2=O)s1. The van der Waals surface area contributed by atoms with Crippen LogP contribution in [0, 0.1) is 12.3 Å². The zero-order valence-corrected chi connectivity index (χ0v) is 21.1.